The molecule has 6 heteroatoms. The summed E-state index contributed by atoms with van der Waals surface area (Å²) in [5, 5.41) is 0. The van der Waals surface area contributed by atoms with E-state index in [1.807, 2.05) is 13.8 Å². The summed E-state index contributed by atoms with van der Waals surface area (Å²) < 4.78 is 38.7. The summed E-state index contributed by atoms with van der Waals surface area (Å²) in [5.41, 5.74) is 3.06. The molecule has 0 heterocycles. The first-order valence-electron chi connectivity index (χ1n) is 11.6. The van der Waals surface area contributed by atoms with Crippen LogP contribution in [0.5, 0.6) is 11.5 Å². The standard InChI is InChI=1S/C30H24F2O4/c1-3-19-5-7-23(17-27(19)31)29(33)35-25-13-9-21(10-14-25)22-11-15-26(16-12-22)36-30(34)24-8-6-20(4-2)28(32)18-24/h5-18H,3-4H2,1-2H3. The largest absolute Gasteiger partial charge is 0.423 e. The number of halogens is 2. The normalized spacial score (nSPS) is 10.7. The number of benzene rings is 4. The van der Waals surface area contributed by atoms with Crippen LogP contribution in [0.2, 0.25) is 0 Å². The first-order valence-corrected chi connectivity index (χ1v) is 11.6. The first-order chi connectivity index (χ1) is 17.4. The molecule has 0 radical (unpaired) electrons. The molecule has 0 N–H and O–H groups in total. The minimum Gasteiger partial charge on any atom is -0.423 e. The lowest BCUT2D eigenvalue weighted by Crippen LogP contribution is -2.09. The van der Waals surface area contributed by atoms with Crippen molar-refractivity contribution in [3.8, 4) is 22.6 Å². The molecule has 0 fully saturated rings. The van der Waals surface area contributed by atoms with Gasteiger partial charge in [-0.15, -0.1) is 0 Å². The van der Waals surface area contributed by atoms with Crippen molar-refractivity contribution < 1.29 is 27.8 Å². The lowest BCUT2D eigenvalue weighted by molar-refractivity contribution is 0.0724. The lowest BCUT2D eigenvalue weighted by atomic mass is 10.1. The predicted octanol–water partition coefficient (Wildman–Crippen LogP) is 7.20. The number of esters is 2. The minimum atomic E-state index is -0.639. The van der Waals surface area contributed by atoms with Crippen LogP contribution in [-0.4, -0.2) is 11.9 Å². The molecule has 4 nitrogen and oxygen atoms in total. The van der Waals surface area contributed by atoms with Gasteiger partial charge in [-0.25, -0.2) is 18.4 Å². The van der Waals surface area contributed by atoms with E-state index in [1.54, 1.807) is 72.8 Å². The number of hydrogen-bond acceptors (Lipinski definition) is 4. The van der Waals surface area contributed by atoms with Crippen molar-refractivity contribution in [2.24, 2.45) is 0 Å². The first kappa shape index (κ1) is 24.8. The molecule has 4 rings (SSSR count). The van der Waals surface area contributed by atoms with Gasteiger partial charge in [0.25, 0.3) is 0 Å². The SMILES string of the molecule is CCc1ccc(C(=O)Oc2ccc(-c3ccc(OC(=O)c4ccc(CC)c(F)c4)cc3)cc2)cc1F. The third kappa shape index (κ3) is 5.66. The van der Waals surface area contributed by atoms with Crippen LogP contribution in [0.15, 0.2) is 84.9 Å². The highest BCUT2D eigenvalue weighted by molar-refractivity contribution is 5.91. The maximum absolute atomic E-state index is 14.0. The van der Waals surface area contributed by atoms with E-state index >= 15 is 0 Å². The summed E-state index contributed by atoms with van der Waals surface area (Å²) in [6.07, 6.45) is 1.08. The van der Waals surface area contributed by atoms with E-state index in [0.29, 0.717) is 35.5 Å². The third-order valence-electron chi connectivity index (χ3n) is 5.80. The topological polar surface area (TPSA) is 52.6 Å². The Bertz CT molecular complexity index is 1280. The Morgan fingerprint density at radius 2 is 0.944 bits per heavy atom. The molecule has 0 saturated heterocycles. The maximum Gasteiger partial charge on any atom is 0.343 e. The molecule has 0 saturated carbocycles. The molecule has 36 heavy (non-hydrogen) atoms. The van der Waals surface area contributed by atoms with Crippen LogP contribution in [0, 0.1) is 11.6 Å². The molecule has 0 aromatic heterocycles. The fourth-order valence-electron chi connectivity index (χ4n) is 3.68. The van der Waals surface area contributed by atoms with Gasteiger partial charge >= 0.3 is 11.9 Å². The Labute approximate surface area is 208 Å². The minimum absolute atomic E-state index is 0.142. The smallest absolute Gasteiger partial charge is 0.343 e. The Kier molecular flexibility index (Phi) is 7.54. The van der Waals surface area contributed by atoms with Crippen LogP contribution in [0.25, 0.3) is 11.1 Å². The molecule has 0 aliphatic heterocycles. The lowest BCUT2D eigenvalue weighted by Gasteiger charge is -2.09. The van der Waals surface area contributed by atoms with Gasteiger partial charge in [-0.3, -0.25) is 0 Å². The fraction of sp³-hybridized carbons (Fsp3) is 0.133. The molecule has 182 valence electrons. The molecule has 4 aromatic rings. The maximum atomic E-state index is 14.0. The number of hydrogen-bond donors (Lipinski definition) is 0. The summed E-state index contributed by atoms with van der Waals surface area (Å²) in [5.74, 6) is -1.48. The van der Waals surface area contributed by atoms with Crippen molar-refractivity contribution in [2.45, 2.75) is 26.7 Å². The molecule has 0 spiro atoms. The Morgan fingerprint density at radius 3 is 1.25 bits per heavy atom. The van der Waals surface area contributed by atoms with Gasteiger partial charge in [0.2, 0.25) is 0 Å². The number of rotatable bonds is 7. The summed E-state index contributed by atoms with van der Waals surface area (Å²) in [4.78, 5) is 24.7. The highest BCUT2D eigenvalue weighted by atomic mass is 19.1. The van der Waals surface area contributed by atoms with Gasteiger partial charge in [-0.2, -0.15) is 0 Å². The summed E-state index contributed by atoms with van der Waals surface area (Å²) >= 11 is 0. The van der Waals surface area contributed by atoms with Crippen molar-refractivity contribution in [3.63, 3.8) is 0 Å². The Hall–Kier alpha value is -4.32. The summed E-state index contributed by atoms with van der Waals surface area (Å²) in [7, 11) is 0. The number of aryl methyl sites for hydroxylation is 2. The van der Waals surface area contributed by atoms with Crippen LogP contribution in [0.4, 0.5) is 8.78 Å². The third-order valence-corrected chi connectivity index (χ3v) is 5.80. The van der Waals surface area contributed by atoms with Gasteiger partial charge in [-0.1, -0.05) is 50.2 Å². The second kappa shape index (κ2) is 11.0. The van der Waals surface area contributed by atoms with E-state index in [2.05, 4.69) is 0 Å². The highest BCUT2D eigenvalue weighted by Crippen LogP contribution is 2.26. The average Bonchev–Trinajstić information content (AvgIpc) is 2.89. The van der Waals surface area contributed by atoms with E-state index < -0.39 is 23.6 Å². The summed E-state index contributed by atoms with van der Waals surface area (Å²) in [6, 6.07) is 22.3. The van der Waals surface area contributed by atoms with Crippen LogP contribution < -0.4 is 9.47 Å². The van der Waals surface area contributed by atoms with Gasteiger partial charge in [0.05, 0.1) is 11.1 Å². The van der Waals surface area contributed by atoms with E-state index in [4.69, 9.17) is 9.47 Å². The molecule has 0 aliphatic rings. The van der Waals surface area contributed by atoms with E-state index in [-0.39, 0.29) is 11.1 Å². The monoisotopic (exact) mass is 486 g/mol. The van der Waals surface area contributed by atoms with Gasteiger partial charge in [0, 0.05) is 0 Å². The van der Waals surface area contributed by atoms with Crippen molar-refractivity contribution >= 4 is 11.9 Å². The van der Waals surface area contributed by atoms with Crippen LogP contribution in [0.1, 0.15) is 45.7 Å². The van der Waals surface area contributed by atoms with Crippen molar-refractivity contribution in [1.29, 1.82) is 0 Å². The average molecular weight is 487 g/mol. The Balaban J connectivity index is 1.39. The fourth-order valence-corrected chi connectivity index (χ4v) is 3.68. The number of carbonyl (C=O) groups is 2. The molecule has 0 amide bonds. The highest BCUT2D eigenvalue weighted by Gasteiger charge is 2.13. The zero-order valence-electron chi connectivity index (χ0n) is 19.9. The van der Waals surface area contributed by atoms with Crippen molar-refractivity contribution in [2.75, 3.05) is 0 Å². The molecule has 0 aliphatic carbocycles. The second-order valence-corrected chi connectivity index (χ2v) is 8.15. The van der Waals surface area contributed by atoms with Crippen molar-refractivity contribution in [3.05, 3.63) is 119 Å². The molecule has 4 aromatic carbocycles. The quantitative estimate of drug-likeness (QED) is 0.205. The van der Waals surface area contributed by atoms with E-state index in [1.165, 1.54) is 12.1 Å². The van der Waals surface area contributed by atoms with E-state index in [0.717, 1.165) is 11.1 Å². The zero-order valence-corrected chi connectivity index (χ0v) is 19.9. The molecular weight excluding hydrogens is 462 g/mol. The number of ether oxygens (including phenoxy) is 2. The molecular formula is C30H24F2O4. The number of carbonyl (C=O) groups excluding carboxylic acids is 2. The van der Waals surface area contributed by atoms with Gasteiger partial charge in [-0.05, 0) is 83.6 Å². The van der Waals surface area contributed by atoms with Gasteiger partial charge in [0.1, 0.15) is 23.1 Å². The zero-order chi connectivity index (χ0) is 25.7. The molecule has 0 atom stereocenters. The van der Waals surface area contributed by atoms with Gasteiger partial charge in [0.15, 0.2) is 0 Å². The summed E-state index contributed by atoms with van der Waals surface area (Å²) in [6.45, 7) is 3.68. The molecule has 0 bridgehead atoms. The van der Waals surface area contributed by atoms with Crippen LogP contribution in [0.3, 0.4) is 0 Å². The van der Waals surface area contributed by atoms with Crippen LogP contribution in [-0.2, 0) is 12.8 Å². The molecule has 0 unspecified atom stereocenters. The van der Waals surface area contributed by atoms with Crippen molar-refractivity contribution in [1.82, 2.24) is 0 Å². The second-order valence-electron chi connectivity index (χ2n) is 8.15. The van der Waals surface area contributed by atoms with E-state index in [9.17, 15) is 18.4 Å². The predicted molar refractivity (Wildman–Crippen MR) is 133 cm³/mol. The van der Waals surface area contributed by atoms with Gasteiger partial charge < -0.3 is 9.47 Å². The van der Waals surface area contributed by atoms with Crippen LogP contribution >= 0.6 is 0 Å². The Morgan fingerprint density at radius 1 is 0.583 bits per heavy atom.